The lowest BCUT2D eigenvalue weighted by atomic mass is 10.0. The fourth-order valence-corrected chi connectivity index (χ4v) is 4.76. The van der Waals surface area contributed by atoms with Crippen LogP contribution in [-0.2, 0) is 12.8 Å². The number of aromatic nitrogens is 3. The molecule has 0 bridgehead atoms. The Balaban J connectivity index is 1.51. The Morgan fingerprint density at radius 3 is 2.30 bits per heavy atom. The standard InChI is InChI=1S/C32H32N4O4/c1-5-20-10-13-22(14-11-20)30-29-24(32(37)33-17-16-21-12-15-27(39-3)28(18-21)40-4)19-25(34-31(29)36-35-30)23-8-6-7-9-26(23)38-2/h6-15,18-19H,5,16-17H2,1-4H3,(H,33,37)(H,34,35,36). The Morgan fingerprint density at radius 1 is 0.850 bits per heavy atom. The average Bonchev–Trinajstić information content (AvgIpc) is 3.44. The number of carbonyl (C=O) groups excluding carboxylic acids is 1. The number of hydrogen-bond donors (Lipinski definition) is 2. The molecule has 0 unspecified atom stereocenters. The number of nitrogens with one attached hydrogen (secondary N) is 2. The Labute approximate surface area is 233 Å². The Hall–Kier alpha value is -4.85. The normalized spacial score (nSPS) is 10.9. The van der Waals surface area contributed by atoms with Crippen LogP contribution in [0.3, 0.4) is 0 Å². The van der Waals surface area contributed by atoms with Crippen molar-refractivity contribution >= 4 is 16.9 Å². The number of aromatic amines is 1. The van der Waals surface area contributed by atoms with Crippen LogP contribution in [0.4, 0.5) is 0 Å². The van der Waals surface area contributed by atoms with Gasteiger partial charge in [-0.2, -0.15) is 5.10 Å². The van der Waals surface area contributed by atoms with Crippen LogP contribution in [-0.4, -0.2) is 49.0 Å². The maximum absolute atomic E-state index is 13.7. The van der Waals surface area contributed by atoms with Crippen molar-refractivity contribution in [1.82, 2.24) is 20.5 Å². The number of H-pyrrole nitrogens is 1. The molecule has 5 aromatic rings. The van der Waals surface area contributed by atoms with Gasteiger partial charge in [0.2, 0.25) is 0 Å². The van der Waals surface area contributed by atoms with Gasteiger partial charge in [0.05, 0.1) is 43.7 Å². The third kappa shape index (κ3) is 5.33. The molecular formula is C32H32N4O4. The molecule has 1 amide bonds. The van der Waals surface area contributed by atoms with Gasteiger partial charge >= 0.3 is 0 Å². The van der Waals surface area contributed by atoms with Crippen molar-refractivity contribution in [2.75, 3.05) is 27.9 Å². The molecule has 2 N–H and O–H groups in total. The Kier molecular flexibility index (Phi) is 7.96. The number of hydrogen-bond acceptors (Lipinski definition) is 6. The number of para-hydroxylation sites is 1. The smallest absolute Gasteiger partial charge is 0.252 e. The van der Waals surface area contributed by atoms with Crippen LogP contribution in [0.5, 0.6) is 17.2 Å². The Morgan fingerprint density at radius 2 is 1.57 bits per heavy atom. The van der Waals surface area contributed by atoms with E-state index in [9.17, 15) is 4.79 Å². The van der Waals surface area contributed by atoms with E-state index in [1.807, 2.05) is 60.7 Å². The molecule has 0 saturated heterocycles. The number of methoxy groups -OCH3 is 3. The predicted octanol–water partition coefficient (Wildman–Crippen LogP) is 5.85. The zero-order valence-electron chi connectivity index (χ0n) is 23.1. The second-order valence-electron chi connectivity index (χ2n) is 9.30. The molecular weight excluding hydrogens is 504 g/mol. The summed E-state index contributed by atoms with van der Waals surface area (Å²) in [6.45, 7) is 2.55. The molecule has 0 saturated carbocycles. The molecule has 2 aromatic heterocycles. The highest BCUT2D eigenvalue weighted by atomic mass is 16.5. The number of ether oxygens (including phenoxy) is 3. The van der Waals surface area contributed by atoms with Crippen molar-refractivity contribution in [2.24, 2.45) is 0 Å². The number of fused-ring (bicyclic) bond motifs is 1. The zero-order chi connectivity index (χ0) is 28.1. The maximum atomic E-state index is 13.7. The highest BCUT2D eigenvalue weighted by molar-refractivity contribution is 6.11. The van der Waals surface area contributed by atoms with E-state index in [-0.39, 0.29) is 5.91 Å². The monoisotopic (exact) mass is 536 g/mol. The van der Waals surface area contributed by atoms with Crippen molar-refractivity contribution < 1.29 is 19.0 Å². The number of aryl methyl sites for hydroxylation is 1. The summed E-state index contributed by atoms with van der Waals surface area (Å²) in [5, 5.41) is 11.4. The van der Waals surface area contributed by atoms with Crippen molar-refractivity contribution in [3.63, 3.8) is 0 Å². The lowest BCUT2D eigenvalue weighted by Gasteiger charge is -2.12. The molecule has 0 atom stereocenters. The summed E-state index contributed by atoms with van der Waals surface area (Å²) in [5.41, 5.74) is 6.28. The fourth-order valence-electron chi connectivity index (χ4n) is 4.76. The zero-order valence-corrected chi connectivity index (χ0v) is 23.1. The van der Waals surface area contributed by atoms with Gasteiger partial charge in [0.15, 0.2) is 17.1 Å². The van der Waals surface area contributed by atoms with E-state index in [0.29, 0.717) is 52.5 Å². The highest BCUT2D eigenvalue weighted by Crippen LogP contribution is 2.34. The number of pyridine rings is 1. The van der Waals surface area contributed by atoms with Crippen LogP contribution in [0.25, 0.3) is 33.5 Å². The average molecular weight is 537 g/mol. The maximum Gasteiger partial charge on any atom is 0.252 e. The van der Waals surface area contributed by atoms with Crippen LogP contribution >= 0.6 is 0 Å². The number of rotatable bonds is 10. The van der Waals surface area contributed by atoms with Gasteiger partial charge in [-0.05, 0) is 54.3 Å². The molecule has 204 valence electrons. The van der Waals surface area contributed by atoms with Crippen molar-refractivity contribution in [2.45, 2.75) is 19.8 Å². The number of amides is 1. The van der Waals surface area contributed by atoms with Gasteiger partial charge in [-0.3, -0.25) is 9.89 Å². The van der Waals surface area contributed by atoms with Gasteiger partial charge in [-0.15, -0.1) is 0 Å². The lowest BCUT2D eigenvalue weighted by molar-refractivity contribution is 0.0955. The minimum Gasteiger partial charge on any atom is -0.496 e. The van der Waals surface area contributed by atoms with E-state index in [1.54, 1.807) is 21.3 Å². The number of carbonyl (C=O) groups is 1. The Bertz CT molecular complexity index is 1640. The molecule has 8 nitrogen and oxygen atoms in total. The third-order valence-electron chi connectivity index (χ3n) is 6.95. The van der Waals surface area contributed by atoms with E-state index in [1.165, 1.54) is 5.56 Å². The first-order valence-electron chi connectivity index (χ1n) is 13.2. The van der Waals surface area contributed by atoms with Crippen molar-refractivity contribution in [3.8, 4) is 39.8 Å². The number of benzene rings is 3. The second kappa shape index (κ2) is 11.9. The molecule has 3 aromatic carbocycles. The van der Waals surface area contributed by atoms with E-state index in [2.05, 4.69) is 34.6 Å². The first-order chi connectivity index (χ1) is 19.6. The molecule has 0 aliphatic rings. The van der Waals surface area contributed by atoms with Crippen LogP contribution < -0.4 is 19.5 Å². The minimum atomic E-state index is -0.211. The van der Waals surface area contributed by atoms with Crippen LogP contribution in [0.15, 0.2) is 72.8 Å². The minimum absolute atomic E-state index is 0.211. The van der Waals surface area contributed by atoms with Gasteiger partial charge in [-0.25, -0.2) is 4.98 Å². The SMILES string of the molecule is CCc1ccc(-c2[nH]nc3nc(-c4ccccc4OC)cc(C(=O)NCCc4ccc(OC)c(OC)c4)c23)cc1. The predicted molar refractivity (Wildman–Crippen MR) is 156 cm³/mol. The highest BCUT2D eigenvalue weighted by Gasteiger charge is 2.21. The molecule has 8 heteroatoms. The molecule has 0 fully saturated rings. The van der Waals surface area contributed by atoms with E-state index < -0.39 is 0 Å². The first kappa shape index (κ1) is 26.7. The van der Waals surface area contributed by atoms with E-state index in [0.717, 1.165) is 28.8 Å². The molecule has 2 heterocycles. The molecule has 5 rings (SSSR count). The lowest BCUT2D eigenvalue weighted by Crippen LogP contribution is -2.26. The summed E-state index contributed by atoms with van der Waals surface area (Å²) < 4.78 is 16.3. The van der Waals surface area contributed by atoms with Gasteiger partial charge in [0.25, 0.3) is 5.91 Å². The molecule has 0 aliphatic heterocycles. The first-order valence-corrected chi connectivity index (χ1v) is 13.2. The van der Waals surface area contributed by atoms with Gasteiger partial charge in [0, 0.05) is 17.7 Å². The summed E-state index contributed by atoms with van der Waals surface area (Å²) in [7, 11) is 4.83. The van der Waals surface area contributed by atoms with Crippen LogP contribution in [0.2, 0.25) is 0 Å². The summed E-state index contributed by atoms with van der Waals surface area (Å²) in [6.07, 6.45) is 1.57. The molecule has 0 aliphatic carbocycles. The summed E-state index contributed by atoms with van der Waals surface area (Å²) in [5.74, 6) is 1.77. The van der Waals surface area contributed by atoms with Gasteiger partial charge in [0.1, 0.15) is 5.75 Å². The largest absolute Gasteiger partial charge is 0.496 e. The fraction of sp³-hybridized carbons (Fsp3) is 0.219. The van der Waals surface area contributed by atoms with Crippen molar-refractivity contribution in [3.05, 3.63) is 89.5 Å². The molecule has 40 heavy (non-hydrogen) atoms. The van der Waals surface area contributed by atoms with E-state index >= 15 is 0 Å². The topological polar surface area (TPSA) is 98.4 Å². The van der Waals surface area contributed by atoms with Crippen LogP contribution in [0, 0.1) is 0 Å². The van der Waals surface area contributed by atoms with Gasteiger partial charge in [-0.1, -0.05) is 49.4 Å². The van der Waals surface area contributed by atoms with Crippen LogP contribution in [0.1, 0.15) is 28.4 Å². The number of nitrogens with zero attached hydrogens (tertiary/aromatic N) is 2. The summed E-state index contributed by atoms with van der Waals surface area (Å²) >= 11 is 0. The molecule has 0 spiro atoms. The summed E-state index contributed by atoms with van der Waals surface area (Å²) in [4.78, 5) is 18.5. The second-order valence-corrected chi connectivity index (χ2v) is 9.30. The quantitative estimate of drug-likeness (QED) is 0.232. The van der Waals surface area contributed by atoms with E-state index in [4.69, 9.17) is 19.2 Å². The summed E-state index contributed by atoms with van der Waals surface area (Å²) in [6, 6.07) is 23.4. The van der Waals surface area contributed by atoms with Crippen molar-refractivity contribution in [1.29, 1.82) is 0 Å². The molecule has 0 radical (unpaired) electrons. The van der Waals surface area contributed by atoms with Gasteiger partial charge < -0.3 is 19.5 Å². The third-order valence-corrected chi connectivity index (χ3v) is 6.95.